The number of hydrogen-bond acceptors (Lipinski definition) is 4. The van der Waals surface area contributed by atoms with Crippen molar-refractivity contribution in [3.63, 3.8) is 0 Å². The molecular formula is C13H17NO3. The molecule has 0 fully saturated rings. The second-order valence-electron chi connectivity index (χ2n) is 4.82. The maximum atomic E-state index is 11.8. The van der Waals surface area contributed by atoms with Gasteiger partial charge in [-0.1, -0.05) is 17.3 Å². The Morgan fingerprint density at radius 3 is 2.41 bits per heavy atom. The van der Waals surface area contributed by atoms with Gasteiger partial charge in [-0.05, 0) is 39.8 Å². The van der Waals surface area contributed by atoms with Crippen LogP contribution in [0.25, 0.3) is 0 Å². The lowest BCUT2D eigenvalue weighted by Gasteiger charge is -2.17. The van der Waals surface area contributed by atoms with E-state index in [1.807, 2.05) is 0 Å². The molecule has 17 heavy (non-hydrogen) atoms. The molecule has 0 aliphatic heterocycles. The van der Waals surface area contributed by atoms with Crippen LogP contribution in [0.15, 0.2) is 29.4 Å². The summed E-state index contributed by atoms with van der Waals surface area (Å²) in [4.78, 5) is 11.8. The van der Waals surface area contributed by atoms with Crippen molar-refractivity contribution in [2.75, 3.05) is 0 Å². The Balaban J connectivity index is 3.04. The highest BCUT2D eigenvalue weighted by Gasteiger charge is 2.24. The van der Waals surface area contributed by atoms with E-state index in [1.54, 1.807) is 52.0 Å². The summed E-state index contributed by atoms with van der Waals surface area (Å²) in [5.41, 5.74) is 0.437. The average Bonchev–Trinajstić information content (AvgIpc) is 2.27. The first kappa shape index (κ1) is 13.2. The van der Waals surface area contributed by atoms with Gasteiger partial charge in [0.25, 0.3) is 0 Å². The van der Waals surface area contributed by atoms with E-state index in [0.717, 1.165) is 0 Å². The van der Waals surface area contributed by atoms with E-state index in [9.17, 15) is 4.79 Å². The standard InChI is InChI=1S/C13H17NO3/c1-9(14-16)10-7-5-6-8-11(10)17-12(15)13(2,3)4/h5-8,16H,1-4H3/b14-9+. The molecule has 0 amide bonds. The zero-order valence-electron chi connectivity index (χ0n) is 10.5. The van der Waals surface area contributed by atoms with Crippen molar-refractivity contribution in [3.05, 3.63) is 29.8 Å². The lowest BCUT2D eigenvalue weighted by molar-refractivity contribution is -0.143. The van der Waals surface area contributed by atoms with E-state index in [4.69, 9.17) is 9.94 Å². The maximum Gasteiger partial charge on any atom is 0.316 e. The van der Waals surface area contributed by atoms with Crippen LogP contribution >= 0.6 is 0 Å². The third-order valence-electron chi connectivity index (χ3n) is 2.24. The van der Waals surface area contributed by atoms with Gasteiger partial charge in [0.1, 0.15) is 5.75 Å². The Hall–Kier alpha value is -1.84. The van der Waals surface area contributed by atoms with Crippen molar-refractivity contribution in [2.45, 2.75) is 27.7 Å². The molecule has 1 rings (SSSR count). The normalized spacial score (nSPS) is 12.4. The van der Waals surface area contributed by atoms with Crippen LogP contribution in [0, 0.1) is 5.41 Å². The Labute approximate surface area is 101 Å². The number of para-hydroxylation sites is 1. The minimum atomic E-state index is -0.572. The van der Waals surface area contributed by atoms with E-state index in [2.05, 4.69) is 5.16 Å². The quantitative estimate of drug-likeness (QED) is 0.282. The minimum Gasteiger partial charge on any atom is -0.425 e. The van der Waals surface area contributed by atoms with Crippen LogP contribution in [0.5, 0.6) is 5.75 Å². The van der Waals surface area contributed by atoms with E-state index < -0.39 is 5.41 Å². The fraction of sp³-hybridized carbons (Fsp3) is 0.385. The fourth-order valence-electron chi connectivity index (χ4n) is 1.16. The summed E-state index contributed by atoms with van der Waals surface area (Å²) in [5.74, 6) is 0.0819. The lowest BCUT2D eigenvalue weighted by atomic mass is 9.97. The number of oxime groups is 1. The molecule has 0 spiro atoms. The van der Waals surface area contributed by atoms with Gasteiger partial charge in [-0.25, -0.2) is 0 Å². The van der Waals surface area contributed by atoms with E-state index in [1.165, 1.54) is 0 Å². The molecule has 0 radical (unpaired) electrons. The Morgan fingerprint density at radius 2 is 1.88 bits per heavy atom. The molecule has 0 heterocycles. The molecule has 0 saturated carbocycles. The zero-order chi connectivity index (χ0) is 13.1. The van der Waals surface area contributed by atoms with Crippen LogP contribution in [0.2, 0.25) is 0 Å². The van der Waals surface area contributed by atoms with Gasteiger partial charge in [0.05, 0.1) is 11.1 Å². The molecule has 1 N–H and O–H groups in total. The predicted octanol–water partition coefficient (Wildman–Crippen LogP) is 2.84. The van der Waals surface area contributed by atoms with Crippen molar-refractivity contribution < 1.29 is 14.7 Å². The van der Waals surface area contributed by atoms with Crippen molar-refractivity contribution in [2.24, 2.45) is 10.6 Å². The summed E-state index contributed by atoms with van der Waals surface area (Å²) >= 11 is 0. The van der Waals surface area contributed by atoms with Crippen molar-refractivity contribution >= 4 is 11.7 Å². The molecule has 0 atom stereocenters. The van der Waals surface area contributed by atoms with Crippen molar-refractivity contribution in [1.82, 2.24) is 0 Å². The summed E-state index contributed by atoms with van der Waals surface area (Å²) in [6.45, 7) is 6.99. The predicted molar refractivity (Wildman–Crippen MR) is 65.5 cm³/mol. The van der Waals surface area contributed by atoms with Gasteiger partial charge in [-0.15, -0.1) is 0 Å². The van der Waals surface area contributed by atoms with Crippen molar-refractivity contribution in [3.8, 4) is 5.75 Å². The Kier molecular flexibility index (Phi) is 3.89. The summed E-state index contributed by atoms with van der Waals surface area (Å²) in [7, 11) is 0. The number of carbonyl (C=O) groups is 1. The van der Waals surface area contributed by atoms with Gasteiger partial charge in [0.2, 0.25) is 0 Å². The molecule has 0 bridgehead atoms. The average molecular weight is 235 g/mol. The van der Waals surface area contributed by atoms with Gasteiger partial charge in [-0.3, -0.25) is 4.79 Å². The molecule has 0 aromatic heterocycles. The van der Waals surface area contributed by atoms with E-state index in [0.29, 0.717) is 17.0 Å². The third kappa shape index (κ3) is 3.31. The SMILES string of the molecule is C/C(=N\O)c1ccccc1OC(=O)C(C)(C)C. The van der Waals surface area contributed by atoms with Crippen LogP contribution in [0.4, 0.5) is 0 Å². The van der Waals surface area contributed by atoms with Crippen LogP contribution in [-0.2, 0) is 4.79 Å². The number of ether oxygens (including phenoxy) is 1. The number of benzene rings is 1. The molecule has 92 valence electrons. The Morgan fingerprint density at radius 1 is 1.29 bits per heavy atom. The van der Waals surface area contributed by atoms with Crippen LogP contribution < -0.4 is 4.74 Å². The second kappa shape index (κ2) is 4.99. The highest BCUT2D eigenvalue weighted by Crippen LogP contribution is 2.23. The first-order chi connectivity index (χ1) is 7.86. The summed E-state index contributed by atoms with van der Waals surface area (Å²) in [6, 6.07) is 6.96. The Bertz CT molecular complexity index is 444. The van der Waals surface area contributed by atoms with E-state index in [-0.39, 0.29) is 5.97 Å². The zero-order valence-corrected chi connectivity index (χ0v) is 10.5. The minimum absolute atomic E-state index is 0.323. The second-order valence-corrected chi connectivity index (χ2v) is 4.82. The van der Waals surface area contributed by atoms with Gasteiger partial charge in [0, 0.05) is 5.56 Å². The highest BCUT2D eigenvalue weighted by molar-refractivity contribution is 6.01. The van der Waals surface area contributed by atoms with Crippen LogP contribution in [0.3, 0.4) is 0 Å². The lowest BCUT2D eigenvalue weighted by Crippen LogP contribution is -2.26. The third-order valence-corrected chi connectivity index (χ3v) is 2.24. The molecule has 0 saturated heterocycles. The van der Waals surface area contributed by atoms with Crippen molar-refractivity contribution in [1.29, 1.82) is 0 Å². The number of nitrogens with zero attached hydrogens (tertiary/aromatic N) is 1. The highest BCUT2D eigenvalue weighted by atomic mass is 16.5. The first-order valence-corrected chi connectivity index (χ1v) is 5.36. The van der Waals surface area contributed by atoms with Crippen LogP contribution in [0.1, 0.15) is 33.3 Å². The molecule has 0 unspecified atom stereocenters. The molecule has 1 aromatic rings. The summed E-state index contributed by atoms with van der Waals surface area (Å²) in [5, 5.41) is 11.9. The summed E-state index contributed by atoms with van der Waals surface area (Å²) in [6.07, 6.45) is 0. The monoisotopic (exact) mass is 235 g/mol. The van der Waals surface area contributed by atoms with Gasteiger partial charge < -0.3 is 9.94 Å². The molecule has 1 aromatic carbocycles. The maximum absolute atomic E-state index is 11.8. The van der Waals surface area contributed by atoms with Gasteiger partial charge in [0.15, 0.2) is 0 Å². The number of hydrogen-bond donors (Lipinski definition) is 1. The molecule has 4 nitrogen and oxygen atoms in total. The molecule has 0 aliphatic rings. The van der Waals surface area contributed by atoms with Gasteiger partial charge >= 0.3 is 5.97 Å². The fourth-order valence-corrected chi connectivity index (χ4v) is 1.16. The number of rotatable bonds is 2. The van der Waals surface area contributed by atoms with Gasteiger partial charge in [-0.2, -0.15) is 0 Å². The van der Waals surface area contributed by atoms with Crippen LogP contribution in [-0.4, -0.2) is 16.9 Å². The summed E-state index contributed by atoms with van der Waals surface area (Å²) < 4.78 is 5.30. The molecule has 0 aliphatic carbocycles. The molecule has 4 heteroatoms. The topological polar surface area (TPSA) is 58.9 Å². The molecular weight excluding hydrogens is 218 g/mol. The van der Waals surface area contributed by atoms with E-state index >= 15 is 0 Å². The smallest absolute Gasteiger partial charge is 0.316 e. The first-order valence-electron chi connectivity index (χ1n) is 5.36. The number of esters is 1. The number of carbonyl (C=O) groups excluding carboxylic acids is 1. The largest absolute Gasteiger partial charge is 0.425 e.